The Morgan fingerprint density at radius 2 is 2.40 bits per heavy atom. The summed E-state index contributed by atoms with van der Waals surface area (Å²) in [5.74, 6) is 1.19. The summed E-state index contributed by atoms with van der Waals surface area (Å²) in [5, 5.41) is 9.41. The Labute approximate surface area is 88.4 Å². The zero-order valence-electron chi connectivity index (χ0n) is 9.00. The number of hydrogen-bond acceptors (Lipinski definition) is 3. The molecule has 0 aliphatic heterocycles. The second-order valence-corrected chi connectivity index (χ2v) is 4.29. The number of carbonyl (C=O) groups is 1. The van der Waals surface area contributed by atoms with Crippen LogP contribution in [0.1, 0.15) is 29.5 Å². The molecular formula is C10H16N4O. The molecule has 1 saturated carbocycles. The predicted molar refractivity (Wildman–Crippen MR) is 57.3 cm³/mol. The van der Waals surface area contributed by atoms with Crippen molar-refractivity contribution in [3.05, 3.63) is 11.4 Å². The first-order chi connectivity index (χ1) is 7.09. The highest BCUT2D eigenvalue weighted by Crippen LogP contribution is 2.36. The van der Waals surface area contributed by atoms with Crippen LogP contribution in [-0.4, -0.2) is 22.6 Å². The van der Waals surface area contributed by atoms with Gasteiger partial charge in [0.1, 0.15) is 0 Å². The highest BCUT2D eigenvalue weighted by atomic mass is 16.1. The fraction of sp³-hybridized carbons (Fsp3) is 0.600. The van der Waals surface area contributed by atoms with Gasteiger partial charge in [0.05, 0.1) is 11.4 Å². The van der Waals surface area contributed by atoms with Gasteiger partial charge < -0.3 is 11.1 Å². The van der Waals surface area contributed by atoms with E-state index in [1.165, 1.54) is 6.42 Å². The Hall–Kier alpha value is -1.52. The van der Waals surface area contributed by atoms with Crippen molar-refractivity contribution in [2.75, 3.05) is 12.3 Å². The van der Waals surface area contributed by atoms with Crippen LogP contribution in [0.15, 0.2) is 0 Å². The monoisotopic (exact) mass is 208 g/mol. The number of nitrogens with zero attached hydrogens (tertiary/aromatic N) is 1. The largest absolute Gasteiger partial charge is 0.395 e. The van der Waals surface area contributed by atoms with Crippen LogP contribution < -0.4 is 11.1 Å². The van der Waals surface area contributed by atoms with E-state index in [0.29, 0.717) is 17.3 Å². The molecule has 15 heavy (non-hydrogen) atoms. The highest BCUT2D eigenvalue weighted by molar-refractivity contribution is 5.97. The maximum atomic E-state index is 11.6. The second kappa shape index (κ2) is 3.56. The van der Waals surface area contributed by atoms with Crippen molar-refractivity contribution in [2.45, 2.75) is 20.3 Å². The number of aromatic amines is 1. The van der Waals surface area contributed by atoms with Crippen molar-refractivity contribution < 1.29 is 4.79 Å². The van der Waals surface area contributed by atoms with Gasteiger partial charge in [-0.3, -0.25) is 9.89 Å². The number of amides is 1. The number of carbonyl (C=O) groups excluding carboxylic acids is 1. The standard InChI is InChI=1S/C10H16N4O/c1-5-3-7(5)4-12-10(15)9-8(11)6(2)13-14-9/h5,7H,3-4,11H2,1-2H3,(H,12,15)(H,13,14). The fourth-order valence-electron chi connectivity index (χ4n) is 1.60. The Kier molecular flexibility index (Phi) is 2.38. The molecule has 0 bridgehead atoms. The van der Waals surface area contributed by atoms with Gasteiger partial charge in [-0.05, 0) is 25.2 Å². The lowest BCUT2D eigenvalue weighted by Gasteiger charge is -2.02. The van der Waals surface area contributed by atoms with Crippen LogP contribution >= 0.6 is 0 Å². The lowest BCUT2D eigenvalue weighted by Crippen LogP contribution is -2.27. The van der Waals surface area contributed by atoms with Gasteiger partial charge in [-0.1, -0.05) is 6.92 Å². The molecule has 1 aliphatic rings. The predicted octanol–water partition coefficient (Wildman–Crippen LogP) is 0.686. The van der Waals surface area contributed by atoms with E-state index in [1.807, 2.05) is 0 Å². The third kappa shape index (κ3) is 1.95. The normalized spacial score (nSPS) is 23.9. The number of hydrogen-bond donors (Lipinski definition) is 3. The Bertz CT molecular complexity index is 385. The first kappa shape index (κ1) is 10.0. The molecule has 1 aliphatic carbocycles. The molecule has 2 atom stereocenters. The molecule has 0 spiro atoms. The van der Waals surface area contributed by atoms with Crippen molar-refractivity contribution in [3.8, 4) is 0 Å². The topological polar surface area (TPSA) is 83.8 Å². The van der Waals surface area contributed by atoms with E-state index < -0.39 is 0 Å². The van der Waals surface area contributed by atoms with Gasteiger partial charge in [-0.15, -0.1) is 0 Å². The summed E-state index contributed by atoms with van der Waals surface area (Å²) in [7, 11) is 0. The van der Waals surface area contributed by atoms with Crippen molar-refractivity contribution in [1.29, 1.82) is 0 Å². The molecule has 1 heterocycles. The minimum atomic E-state index is -0.184. The number of H-pyrrole nitrogens is 1. The van der Waals surface area contributed by atoms with Crippen molar-refractivity contribution in [3.63, 3.8) is 0 Å². The van der Waals surface area contributed by atoms with E-state index >= 15 is 0 Å². The molecule has 1 aromatic heterocycles. The van der Waals surface area contributed by atoms with Crippen LogP contribution in [0, 0.1) is 18.8 Å². The van der Waals surface area contributed by atoms with E-state index in [0.717, 1.165) is 18.2 Å². The van der Waals surface area contributed by atoms with E-state index in [2.05, 4.69) is 22.4 Å². The molecule has 82 valence electrons. The summed E-state index contributed by atoms with van der Waals surface area (Å²) < 4.78 is 0. The smallest absolute Gasteiger partial charge is 0.273 e. The van der Waals surface area contributed by atoms with E-state index in [9.17, 15) is 4.79 Å². The van der Waals surface area contributed by atoms with Crippen molar-refractivity contribution >= 4 is 11.6 Å². The van der Waals surface area contributed by atoms with Crippen LogP contribution in [0.4, 0.5) is 5.69 Å². The lowest BCUT2D eigenvalue weighted by molar-refractivity contribution is 0.0947. The minimum Gasteiger partial charge on any atom is -0.395 e. The summed E-state index contributed by atoms with van der Waals surface area (Å²) in [4.78, 5) is 11.6. The molecule has 5 nitrogen and oxygen atoms in total. The summed E-state index contributed by atoms with van der Waals surface area (Å²) >= 11 is 0. The summed E-state index contributed by atoms with van der Waals surface area (Å²) in [6.45, 7) is 4.71. The number of nitrogen functional groups attached to an aromatic ring is 1. The molecular weight excluding hydrogens is 192 g/mol. The quantitative estimate of drug-likeness (QED) is 0.683. The van der Waals surface area contributed by atoms with E-state index in [-0.39, 0.29) is 5.91 Å². The molecule has 2 rings (SSSR count). The molecule has 0 saturated heterocycles. The zero-order valence-corrected chi connectivity index (χ0v) is 9.00. The number of nitrogens with two attached hydrogens (primary N) is 1. The number of rotatable bonds is 3. The second-order valence-electron chi connectivity index (χ2n) is 4.29. The zero-order chi connectivity index (χ0) is 11.0. The van der Waals surface area contributed by atoms with Gasteiger partial charge in [0, 0.05) is 6.54 Å². The van der Waals surface area contributed by atoms with Gasteiger partial charge in [-0.25, -0.2) is 0 Å². The average Bonchev–Trinajstić information content (AvgIpc) is 2.81. The summed E-state index contributed by atoms with van der Waals surface area (Å²) in [5.41, 5.74) is 7.18. The molecule has 1 amide bonds. The molecule has 0 aromatic carbocycles. The maximum absolute atomic E-state index is 11.6. The molecule has 5 heteroatoms. The molecule has 1 fully saturated rings. The summed E-state index contributed by atoms with van der Waals surface area (Å²) in [6, 6.07) is 0. The molecule has 4 N–H and O–H groups in total. The molecule has 2 unspecified atom stereocenters. The fourth-order valence-corrected chi connectivity index (χ4v) is 1.60. The highest BCUT2D eigenvalue weighted by Gasteiger charge is 2.32. The summed E-state index contributed by atoms with van der Waals surface area (Å²) in [6.07, 6.45) is 1.20. The Balaban J connectivity index is 1.93. The number of nitrogens with one attached hydrogen (secondary N) is 2. The minimum absolute atomic E-state index is 0.184. The van der Waals surface area contributed by atoms with Crippen LogP contribution in [0.5, 0.6) is 0 Å². The van der Waals surface area contributed by atoms with Crippen LogP contribution in [0.25, 0.3) is 0 Å². The molecule has 1 aromatic rings. The third-order valence-corrected chi connectivity index (χ3v) is 3.01. The SMILES string of the molecule is Cc1[nH]nc(C(=O)NCC2CC2C)c1N. The third-order valence-electron chi connectivity index (χ3n) is 3.01. The Morgan fingerprint density at radius 1 is 1.73 bits per heavy atom. The van der Waals surface area contributed by atoms with Gasteiger partial charge in [0.15, 0.2) is 5.69 Å². The van der Waals surface area contributed by atoms with Crippen LogP contribution in [0.3, 0.4) is 0 Å². The van der Waals surface area contributed by atoms with Crippen molar-refractivity contribution in [1.82, 2.24) is 15.5 Å². The maximum Gasteiger partial charge on any atom is 0.273 e. The van der Waals surface area contributed by atoms with Crippen LogP contribution in [-0.2, 0) is 0 Å². The number of aryl methyl sites for hydroxylation is 1. The van der Waals surface area contributed by atoms with Gasteiger partial charge in [0.25, 0.3) is 5.91 Å². The van der Waals surface area contributed by atoms with Crippen LogP contribution in [0.2, 0.25) is 0 Å². The Morgan fingerprint density at radius 3 is 2.87 bits per heavy atom. The average molecular weight is 208 g/mol. The number of aromatic nitrogens is 2. The van der Waals surface area contributed by atoms with E-state index in [1.54, 1.807) is 6.92 Å². The molecule has 0 radical (unpaired) electrons. The van der Waals surface area contributed by atoms with Gasteiger partial charge >= 0.3 is 0 Å². The van der Waals surface area contributed by atoms with Gasteiger partial charge in [-0.2, -0.15) is 5.10 Å². The van der Waals surface area contributed by atoms with Crippen molar-refractivity contribution in [2.24, 2.45) is 11.8 Å². The lowest BCUT2D eigenvalue weighted by atomic mass is 10.3. The first-order valence-electron chi connectivity index (χ1n) is 5.18. The first-order valence-corrected chi connectivity index (χ1v) is 5.18. The van der Waals surface area contributed by atoms with E-state index in [4.69, 9.17) is 5.73 Å². The number of anilines is 1. The van der Waals surface area contributed by atoms with Gasteiger partial charge in [0.2, 0.25) is 0 Å².